The number of nitrogens with one attached hydrogen (secondary N) is 1. The number of thiazole rings is 1. The highest BCUT2D eigenvalue weighted by atomic mass is 32.2. The zero-order valence-corrected chi connectivity index (χ0v) is 10.0. The molecule has 0 aromatic carbocycles. The van der Waals surface area contributed by atoms with E-state index in [4.69, 9.17) is 0 Å². The summed E-state index contributed by atoms with van der Waals surface area (Å²) >= 11 is 1.32. The Kier molecular flexibility index (Phi) is 2.88. The van der Waals surface area contributed by atoms with Crippen molar-refractivity contribution < 1.29 is 8.42 Å². The van der Waals surface area contributed by atoms with Crippen LogP contribution in [-0.4, -0.2) is 18.4 Å². The Labute approximate surface area is 97.2 Å². The second-order valence-corrected chi connectivity index (χ2v) is 5.44. The molecule has 0 bridgehead atoms. The summed E-state index contributed by atoms with van der Waals surface area (Å²) in [6.45, 7) is 1.74. The predicted molar refractivity (Wildman–Crippen MR) is 61.9 cm³/mol. The van der Waals surface area contributed by atoms with E-state index in [1.54, 1.807) is 29.9 Å². The van der Waals surface area contributed by atoms with E-state index in [1.165, 1.54) is 17.4 Å². The summed E-state index contributed by atoms with van der Waals surface area (Å²) in [4.78, 5) is 7.80. The van der Waals surface area contributed by atoms with Crippen molar-refractivity contribution in [2.45, 2.75) is 11.9 Å². The lowest BCUT2D eigenvalue weighted by molar-refractivity contribution is 0.597. The van der Waals surface area contributed by atoms with Crippen LogP contribution in [0.15, 0.2) is 34.1 Å². The number of aryl methyl sites for hydroxylation is 1. The van der Waals surface area contributed by atoms with Gasteiger partial charge in [-0.3, -0.25) is 4.72 Å². The maximum atomic E-state index is 11.8. The fourth-order valence-electron chi connectivity index (χ4n) is 1.12. The molecule has 2 heterocycles. The maximum Gasteiger partial charge on any atom is 0.280 e. The molecule has 0 aliphatic rings. The van der Waals surface area contributed by atoms with Gasteiger partial charge in [0.25, 0.3) is 10.0 Å². The molecule has 0 radical (unpaired) electrons. The van der Waals surface area contributed by atoms with E-state index in [0.29, 0.717) is 11.5 Å². The van der Waals surface area contributed by atoms with Crippen molar-refractivity contribution in [1.82, 2.24) is 9.97 Å². The van der Waals surface area contributed by atoms with E-state index in [-0.39, 0.29) is 5.03 Å². The zero-order valence-electron chi connectivity index (χ0n) is 8.41. The molecule has 1 N–H and O–H groups in total. The van der Waals surface area contributed by atoms with Gasteiger partial charge in [-0.2, -0.15) is 8.42 Å². The van der Waals surface area contributed by atoms with Crippen molar-refractivity contribution >= 4 is 27.2 Å². The molecule has 16 heavy (non-hydrogen) atoms. The molecule has 84 valence electrons. The second-order valence-electron chi connectivity index (χ2n) is 3.10. The van der Waals surface area contributed by atoms with Gasteiger partial charge < -0.3 is 0 Å². The number of anilines is 1. The first-order valence-electron chi connectivity index (χ1n) is 4.42. The number of nitrogens with zero attached hydrogens (tertiary/aromatic N) is 2. The predicted octanol–water partition coefficient (Wildman–Crippen LogP) is 1.65. The maximum absolute atomic E-state index is 11.8. The molecule has 2 rings (SSSR count). The van der Waals surface area contributed by atoms with E-state index in [2.05, 4.69) is 14.7 Å². The van der Waals surface area contributed by atoms with Crippen molar-refractivity contribution in [1.29, 1.82) is 0 Å². The molecular formula is C9H9N3O2S2. The van der Waals surface area contributed by atoms with Crippen molar-refractivity contribution in [3.8, 4) is 0 Å². The van der Waals surface area contributed by atoms with E-state index < -0.39 is 10.0 Å². The standard InChI is InChI=1S/C9H9N3O2S2/c1-7-3-2-4-9(11-7)16(13,14)12-8-5-15-6-10-8/h2-6,12H,1H3. The number of sulfonamides is 1. The molecule has 2 aromatic rings. The molecule has 2 aromatic heterocycles. The van der Waals surface area contributed by atoms with Crippen molar-refractivity contribution in [2.75, 3.05) is 4.72 Å². The van der Waals surface area contributed by atoms with E-state index in [9.17, 15) is 8.42 Å². The number of hydrogen-bond acceptors (Lipinski definition) is 5. The molecule has 0 amide bonds. The van der Waals surface area contributed by atoms with Crippen LogP contribution in [0.4, 0.5) is 5.82 Å². The summed E-state index contributed by atoms with van der Waals surface area (Å²) in [7, 11) is -3.62. The Hall–Kier alpha value is -1.47. The quantitative estimate of drug-likeness (QED) is 0.905. The minimum Gasteiger partial charge on any atom is -0.261 e. The van der Waals surface area contributed by atoms with Crippen LogP contribution < -0.4 is 4.72 Å². The molecule has 0 saturated heterocycles. The zero-order chi connectivity index (χ0) is 11.6. The Balaban J connectivity index is 2.33. The average Bonchev–Trinajstić information content (AvgIpc) is 2.70. The van der Waals surface area contributed by atoms with Crippen LogP contribution in [0.2, 0.25) is 0 Å². The Morgan fingerprint density at radius 3 is 2.81 bits per heavy atom. The highest BCUT2D eigenvalue weighted by Gasteiger charge is 2.16. The van der Waals surface area contributed by atoms with Crippen LogP contribution in [0, 0.1) is 6.92 Å². The first kappa shape index (κ1) is 11.0. The van der Waals surface area contributed by atoms with Crippen LogP contribution in [0.3, 0.4) is 0 Å². The molecular weight excluding hydrogens is 246 g/mol. The van der Waals surface area contributed by atoms with Gasteiger partial charge >= 0.3 is 0 Å². The number of rotatable bonds is 3. The minimum atomic E-state index is -3.62. The fraction of sp³-hybridized carbons (Fsp3) is 0.111. The molecule has 0 spiro atoms. The minimum absolute atomic E-state index is 0.000463. The van der Waals surface area contributed by atoms with E-state index in [1.807, 2.05) is 0 Å². The Morgan fingerprint density at radius 1 is 1.38 bits per heavy atom. The van der Waals surface area contributed by atoms with Crippen LogP contribution in [0.1, 0.15) is 5.69 Å². The number of hydrogen-bond donors (Lipinski definition) is 1. The summed E-state index contributed by atoms with van der Waals surface area (Å²) in [6, 6.07) is 4.83. The highest BCUT2D eigenvalue weighted by Crippen LogP contribution is 2.14. The third-order valence-electron chi connectivity index (χ3n) is 1.81. The molecule has 0 atom stereocenters. The van der Waals surface area contributed by atoms with Gasteiger partial charge in [-0.1, -0.05) is 6.07 Å². The van der Waals surface area contributed by atoms with Crippen LogP contribution in [-0.2, 0) is 10.0 Å². The smallest absolute Gasteiger partial charge is 0.261 e. The molecule has 0 saturated carbocycles. The average molecular weight is 255 g/mol. The largest absolute Gasteiger partial charge is 0.280 e. The third kappa shape index (κ3) is 2.37. The summed E-state index contributed by atoms with van der Waals surface area (Å²) in [6.07, 6.45) is 0. The first-order valence-corrected chi connectivity index (χ1v) is 6.85. The molecule has 0 aliphatic heterocycles. The lowest BCUT2D eigenvalue weighted by Crippen LogP contribution is -2.14. The van der Waals surface area contributed by atoms with Gasteiger partial charge in [0.15, 0.2) is 10.8 Å². The number of pyridine rings is 1. The van der Waals surface area contributed by atoms with Gasteiger partial charge in [0.1, 0.15) is 0 Å². The van der Waals surface area contributed by atoms with Crippen LogP contribution in [0.5, 0.6) is 0 Å². The Bertz CT molecular complexity index is 579. The SMILES string of the molecule is Cc1cccc(S(=O)(=O)Nc2cscn2)n1. The van der Waals surface area contributed by atoms with Gasteiger partial charge in [-0.15, -0.1) is 11.3 Å². The second kappa shape index (κ2) is 4.18. The highest BCUT2D eigenvalue weighted by molar-refractivity contribution is 7.92. The normalized spacial score (nSPS) is 11.3. The summed E-state index contributed by atoms with van der Waals surface area (Å²) in [5.74, 6) is 0.313. The summed E-state index contributed by atoms with van der Waals surface area (Å²) < 4.78 is 26.0. The van der Waals surface area contributed by atoms with Crippen molar-refractivity contribution in [2.24, 2.45) is 0 Å². The van der Waals surface area contributed by atoms with Crippen molar-refractivity contribution in [3.05, 3.63) is 34.8 Å². The van der Waals surface area contributed by atoms with Crippen LogP contribution in [0.25, 0.3) is 0 Å². The van der Waals surface area contributed by atoms with E-state index in [0.717, 1.165) is 0 Å². The number of aromatic nitrogens is 2. The molecule has 5 nitrogen and oxygen atoms in total. The molecule has 0 aliphatic carbocycles. The van der Waals surface area contributed by atoms with Gasteiger partial charge in [0.2, 0.25) is 0 Å². The molecule has 0 unspecified atom stereocenters. The lowest BCUT2D eigenvalue weighted by Gasteiger charge is -2.04. The molecule has 0 fully saturated rings. The lowest BCUT2D eigenvalue weighted by atomic mass is 10.4. The monoisotopic (exact) mass is 255 g/mol. The van der Waals surface area contributed by atoms with Crippen LogP contribution >= 0.6 is 11.3 Å². The van der Waals surface area contributed by atoms with Gasteiger partial charge in [0.05, 0.1) is 5.51 Å². The molecule has 7 heteroatoms. The van der Waals surface area contributed by atoms with Gasteiger partial charge in [-0.05, 0) is 19.1 Å². The van der Waals surface area contributed by atoms with Gasteiger partial charge in [-0.25, -0.2) is 9.97 Å². The Morgan fingerprint density at radius 2 is 2.19 bits per heavy atom. The van der Waals surface area contributed by atoms with E-state index >= 15 is 0 Å². The topological polar surface area (TPSA) is 72.0 Å². The third-order valence-corrected chi connectivity index (χ3v) is 3.65. The fourth-order valence-corrected chi connectivity index (χ4v) is 2.69. The summed E-state index contributed by atoms with van der Waals surface area (Å²) in [5, 5.41) is 1.62. The summed E-state index contributed by atoms with van der Waals surface area (Å²) in [5.41, 5.74) is 2.21. The van der Waals surface area contributed by atoms with Gasteiger partial charge in [0, 0.05) is 11.1 Å². The first-order chi connectivity index (χ1) is 7.58. The van der Waals surface area contributed by atoms with Crippen molar-refractivity contribution in [3.63, 3.8) is 0 Å².